The molecule has 3 aromatic rings. The molecule has 0 bridgehead atoms. The van der Waals surface area contributed by atoms with Gasteiger partial charge >= 0.3 is 0 Å². The number of anilines is 1. The molecule has 0 aliphatic heterocycles. The predicted octanol–water partition coefficient (Wildman–Crippen LogP) is 3.02. The topological polar surface area (TPSA) is 74.7 Å². The maximum Gasteiger partial charge on any atom is 0.156 e. The predicted molar refractivity (Wildman–Crippen MR) is 75.0 cm³/mol. The van der Waals surface area contributed by atoms with E-state index in [1.54, 1.807) is 6.20 Å². The number of pyridine rings is 1. The van der Waals surface area contributed by atoms with Gasteiger partial charge < -0.3 is 9.84 Å². The summed E-state index contributed by atoms with van der Waals surface area (Å²) < 4.78 is 5.16. The van der Waals surface area contributed by atoms with Gasteiger partial charge in [-0.1, -0.05) is 23.4 Å². The lowest BCUT2D eigenvalue weighted by Gasteiger charge is -2.09. The van der Waals surface area contributed by atoms with Gasteiger partial charge in [-0.15, -0.1) is 0 Å². The number of hydrogen-bond donors (Lipinski definition) is 1. The van der Waals surface area contributed by atoms with E-state index in [1.165, 1.54) is 0 Å². The minimum atomic E-state index is 0.476. The zero-order valence-corrected chi connectivity index (χ0v) is 10.9. The number of rotatable bonds is 3. The highest BCUT2D eigenvalue weighted by molar-refractivity contribution is 5.93. The summed E-state index contributed by atoms with van der Waals surface area (Å²) in [5, 5.41) is 17.2. The molecule has 5 nitrogen and oxygen atoms in total. The molecule has 3 rings (SSSR count). The summed E-state index contributed by atoms with van der Waals surface area (Å²) in [6, 6.07) is 11.7. The first-order valence-corrected chi connectivity index (χ1v) is 6.22. The summed E-state index contributed by atoms with van der Waals surface area (Å²) in [7, 11) is 0. The van der Waals surface area contributed by atoms with Gasteiger partial charge in [0.2, 0.25) is 0 Å². The van der Waals surface area contributed by atoms with Crippen LogP contribution in [-0.4, -0.2) is 10.1 Å². The molecular formula is C15H12N4O. The Bertz CT molecular complexity index is 801. The largest absolute Gasteiger partial charge is 0.376 e. The van der Waals surface area contributed by atoms with E-state index in [2.05, 4.69) is 21.5 Å². The van der Waals surface area contributed by atoms with Gasteiger partial charge in [0.1, 0.15) is 6.07 Å². The van der Waals surface area contributed by atoms with Crippen molar-refractivity contribution in [2.45, 2.75) is 13.5 Å². The van der Waals surface area contributed by atoms with Crippen LogP contribution in [0.15, 0.2) is 41.1 Å². The molecule has 20 heavy (non-hydrogen) atoms. The van der Waals surface area contributed by atoms with Crippen molar-refractivity contribution < 1.29 is 4.52 Å². The van der Waals surface area contributed by atoms with Crippen LogP contribution in [0, 0.1) is 18.3 Å². The standard InChI is InChI=1S/C15H12N4O/c1-10-6-12(20-19-10)9-18-15-11(7-16)8-17-14-5-3-2-4-13(14)15/h2-6,8H,9H2,1H3,(H,17,18). The Hall–Kier alpha value is -2.87. The van der Waals surface area contributed by atoms with Crippen molar-refractivity contribution in [1.82, 2.24) is 10.1 Å². The number of benzene rings is 1. The molecule has 0 unspecified atom stereocenters. The van der Waals surface area contributed by atoms with Crippen LogP contribution in [0.4, 0.5) is 5.69 Å². The lowest BCUT2D eigenvalue weighted by Crippen LogP contribution is -2.02. The molecule has 1 N–H and O–H groups in total. The molecule has 0 radical (unpaired) electrons. The number of nitriles is 1. The number of fused-ring (bicyclic) bond motifs is 1. The quantitative estimate of drug-likeness (QED) is 0.787. The molecule has 98 valence electrons. The van der Waals surface area contributed by atoms with Crippen molar-refractivity contribution in [3.05, 3.63) is 53.5 Å². The number of nitrogens with one attached hydrogen (secondary N) is 1. The Labute approximate surface area is 115 Å². The minimum Gasteiger partial charge on any atom is -0.376 e. The normalized spacial score (nSPS) is 10.4. The van der Waals surface area contributed by atoms with E-state index in [0.717, 1.165) is 28.0 Å². The summed E-state index contributed by atoms with van der Waals surface area (Å²) in [5.74, 6) is 0.729. The molecule has 0 fully saturated rings. The maximum absolute atomic E-state index is 9.21. The van der Waals surface area contributed by atoms with Crippen LogP contribution in [-0.2, 0) is 6.54 Å². The third-order valence-electron chi connectivity index (χ3n) is 3.01. The fourth-order valence-corrected chi connectivity index (χ4v) is 2.09. The first kappa shape index (κ1) is 12.2. The third kappa shape index (κ3) is 2.19. The summed E-state index contributed by atoms with van der Waals surface area (Å²) in [6.07, 6.45) is 1.58. The summed E-state index contributed by atoms with van der Waals surface area (Å²) in [5.41, 5.74) is 2.97. The Morgan fingerprint density at radius 1 is 1.35 bits per heavy atom. The van der Waals surface area contributed by atoms with E-state index < -0.39 is 0 Å². The molecule has 0 atom stereocenters. The van der Waals surface area contributed by atoms with Crippen LogP contribution in [0.3, 0.4) is 0 Å². The van der Waals surface area contributed by atoms with Crippen LogP contribution >= 0.6 is 0 Å². The highest BCUT2D eigenvalue weighted by Crippen LogP contribution is 2.25. The van der Waals surface area contributed by atoms with E-state index in [4.69, 9.17) is 4.52 Å². The molecule has 5 heteroatoms. The fraction of sp³-hybridized carbons (Fsp3) is 0.133. The Morgan fingerprint density at radius 3 is 2.95 bits per heavy atom. The average Bonchev–Trinajstić information content (AvgIpc) is 2.90. The van der Waals surface area contributed by atoms with Crippen molar-refractivity contribution in [2.75, 3.05) is 5.32 Å². The zero-order chi connectivity index (χ0) is 13.9. The molecule has 0 saturated heterocycles. The fourth-order valence-electron chi connectivity index (χ4n) is 2.09. The molecule has 0 aliphatic carbocycles. The van der Waals surface area contributed by atoms with E-state index in [1.807, 2.05) is 37.3 Å². The minimum absolute atomic E-state index is 0.476. The third-order valence-corrected chi connectivity index (χ3v) is 3.01. The van der Waals surface area contributed by atoms with Crippen LogP contribution in [0.2, 0.25) is 0 Å². The summed E-state index contributed by atoms with van der Waals surface area (Å²) in [6.45, 7) is 2.35. The lowest BCUT2D eigenvalue weighted by atomic mass is 10.1. The van der Waals surface area contributed by atoms with Gasteiger partial charge in [-0.05, 0) is 13.0 Å². The summed E-state index contributed by atoms with van der Waals surface area (Å²) in [4.78, 5) is 4.27. The average molecular weight is 264 g/mol. The highest BCUT2D eigenvalue weighted by atomic mass is 16.5. The Morgan fingerprint density at radius 2 is 2.20 bits per heavy atom. The van der Waals surface area contributed by atoms with Crippen molar-refractivity contribution in [2.24, 2.45) is 0 Å². The van der Waals surface area contributed by atoms with Gasteiger partial charge in [0.15, 0.2) is 5.76 Å². The van der Waals surface area contributed by atoms with Gasteiger partial charge in [-0.2, -0.15) is 5.26 Å². The van der Waals surface area contributed by atoms with E-state index in [-0.39, 0.29) is 0 Å². The summed E-state index contributed by atoms with van der Waals surface area (Å²) >= 11 is 0. The van der Waals surface area contributed by atoms with E-state index in [0.29, 0.717) is 12.1 Å². The first-order valence-electron chi connectivity index (χ1n) is 6.22. The maximum atomic E-state index is 9.21. The van der Waals surface area contributed by atoms with Crippen LogP contribution in [0.5, 0.6) is 0 Å². The number of aryl methyl sites for hydroxylation is 1. The van der Waals surface area contributed by atoms with E-state index in [9.17, 15) is 5.26 Å². The molecule has 0 amide bonds. The smallest absolute Gasteiger partial charge is 0.156 e. The van der Waals surface area contributed by atoms with E-state index >= 15 is 0 Å². The van der Waals surface area contributed by atoms with Gasteiger partial charge in [0, 0.05) is 17.6 Å². The lowest BCUT2D eigenvalue weighted by molar-refractivity contribution is 0.384. The van der Waals surface area contributed by atoms with Crippen molar-refractivity contribution in [3.63, 3.8) is 0 Å². The highest BCUT2D eigenvalue weighted by Gasteiger charge is 2.09. The van der Waals surface area contributed by atoms with Crippen molar-refractivity contribution in [3.8, 4) is 6.07 Å². The molecule has 2 aromatic heterocycles. The first-order chi connectivity index (χ1) is 9.78. The molecule has 0 spiro atoms. The molecule has 0 saturated carbocycles. The number of hydrogen-bond acceptors (Lipinski definition) is 5. The van der Waals surface area contributed by atoms with Crippen LogP contribution < -0.4 is 5.32 Å². The van der Waals surface area contributed by atoms with Gasteiger partial charge in [0.05, 0.1) is 29.0 Å². The monoisotopic (exact) mass is 264 g/mol. The molecular weight excluding hydrogens is 252 g/mol. The van der Waals surface area contributed by atoms with Gasteiger partial charge in [-0.3, -0.25) is 4.98 Å². The molecule has 0 aliphatic rings. The Kier molecular flexibility index (Phi) is 3.05. The van der Waals surface area contributed by atoms with Crippen LogP contribution in [0.1, 0.15) is 17.0 Å². The number of aromatic nitrogens is 2. The van der Waals surface area contributed by atoms with Gasteiger partial charge in [-0.25, -0.2) is 0 Å². The molecule has 2 heterocycles. The SMILES string of the molecule is Cc1cc(CNc2c(C#N)cnc3ccccc23)on1. The number of para-hydroxylation sites is 1. The Balaban J connectivity index is 1.98. The molecule has 1 aromatic carbocycles. The second-order valence-corrected chi connectivity index (χ2v) is 4.46. The zero-order valence-electron chi connectivity index (χ0n) is 10.9. The second kappa shape index (κ2) is 5.02. The van der Waals surface area contributed by atoms with Crippen LogP contribution in [0.25, 0.3) is 10.9 Å². The van der Waals surface area contributed by atoms with Crippen molar-refractivity contribution >= 4 is 16.6 Å². The van der Waals surface area contributed by atoms with Gasteiger partial charge in [0.25, 0.3) is 0 Å². The van der Waals surface area contributed by atoms with Crippen molar-refractivity contribution in [1.29, 1.82) is 5.26 Å². The number of nitrogens with zero attached hydrogens (tertiary/aromatic N) is 3. The second-order valence-electron chi connectivity index (χ2n) is 4.46.